The van der Waals surface area contributed by atoms with Crippen molar-refractivity contribution in [1.29, 1.82) is 0 Å². The van der Waals surface area contributed by atoms with Gasteiger partial charge in [0.25, 0.3) is 0 Å². The number of unbranched alkanes of at least 4 members (excludes halogenated alkanes) is 7. The maximum absolute atomic E-state index is 12.6. The zero-order valence-corrected chi connectivity index (χ0v) is 36.2. The Morgan fingerprint density at radius 2 is 1.07 bits per heavy atom. The van der Waals surface area contributed by atoms with E-state index in [1.54, 1.807) is 0 Å². The highest BCUT2D eigenvalue weighted by Gasteiger charge is 2.27. The lowest BCUT2D eigenvalue weighted by molar-refractivity contribution is -0.161. The molecule has 1 unspecified atom stereocenters. The highest BCUT2D eigenvalue weighted by Crippen LogP contribution is 2.43. The van der Waals surface area contributed by atoms with Gasteiger partial charge in [-0.3, -0.25) is 18.6 Å². The standard InChI is InChI=1S/C46H75O11P/c1-3-5-7-8-9-10-11-12-13-14-15-16-19-22-25-28-32-36-45(50)54-40-44(41-56-58(52,53)55-39-43(49)38-47)57-46(51)37-33-29-26-23-20-17-18-21-24-27-31-35-42(48)34-30-6-4-2/h9-10,12-13,15-18,22-27,31,35,42-44,47-49H,3-8,11,14,19-21,28-30,32-34,36-41H2,1-2H3,(H,52,53)/b10-9-,13-12-,16-15-,18-17-,25-22-,26-23-,27-24-,35-31+/t42-,43-,44+/m0/s1. The van der Waals surface area contributed by atoms with Crippen LogP contribution in [0.5, 0.6) is 0 Å². The van der Waals surface area contributed by atoms with E-state index in [1.807, 2.05) is 54.7 Å². The second-order valence-corrected chi connectivity index (χ2v) is 15.3. The molecule has 0 spiro atoms. The quantitative estimate of drug-likeness (QED) is 0.0154. The molecule has 0 radical (unpaired) electrons. The number of phosphoric ester groups is 1. The average molecular weight is 835 g/mol. The van der Waals surface area contributed by atoms with Crippen molar-refractivity contribution in [2.24, 2.45) is 0 Å². The number of aliphatic hydroxyl groups excluding tert-OH is 3. The zero-order valence-electron chi connectivity index (χ0n) is 35.3. The van der Waals surface area contributed by atoms with E-state index in [-0.39, 0.29) is 19.4 Å². The highest BCUT2D eigenvalue weighted by atomic mass is 31.2. The van der Waals surface area contributed by atoms with Crippen LogP contribution in [0.4, 0.5) is 0 Å². The van der Waals surface area contributed by atoms with E-state index in [1.165, 1.54) is 19.3 Å². The first kappa shape index (κ1) is 54.9. The summed E-state index contributed by atoms with van der Waals surface area (Å²) < 4.78 is 32.5. The van der Waals surface area contributed by atoms with Crippen LogP contribution in [-0.2, 0) is 32.7 Å². The lowest BCUT2D eigenvalue weighted by atomic mass is 10.1. The fourth-order valence-electron chi connectivity index (χ4n) is 4.97. The van der Waals surface area contributed by atoms with E-state index >= 15 is 0 Å². The Hall–Kier alpha value is -3.15. The van der Waals surface area contributed by atoms with E-state index in [4.69, 9.17) is 19.1 Å². The second-order valence-electron chi connectivity index (χ2n) is 13.9. The number of carbonyl (C=O) groups is 2. The molecule has 0 heterocycles. The van der Waals surface area contributed by atoms with Gasteiger partial charge in [0.2, 0.25) is 0 Å². The maximum atomic E-state index is 12.6. The molecule has 0 aromatic carbocycles. The Morgan fingerprint density at radius 1 is 0.586 bits per heavy atom. The Bertz CT molecular complexity index is 1300. The number of carbonyl (C=O) groups excluding carboxylic acids is 2. The van der Waals surface area contributed by atoms with Crippen molar-refractivity contribution >= 4 is 19.8 Å². The molecule has 4 N–H and O–H groups in total. The number of rotatable bonds is 38. The summed E-state index contributed by atoms with van der Waals surface area (Å²) in [5, 5.41) is 28.2. The first-order valence-electron chi connectivity index (χ1n) is 21.3. The third-order valence-corrected chi connectivity index (χ3v) is 9.27. The summed E-state index contributed by atoms with van der Waals surface area (Å²) in [6, 6.07) is 0. The fraction of sp³-hybridized carbons (Fsp3) is 0.609. The average Bonchev–Trinajstić information content (AvgIpc) is 3.20. The molecule has 0 saturated heterocycles. The Kier molecular flexibility index (Phi) is 38.4. The molecule has 0 aromatic rings. The lowest BCUT2D eigenvalue weighted by Crippen LogP contribution is -2.29. The molecule has 0 bridgehead atoms. The van der Waals surface area contributed by atoms with Crippen LogP contribution in [0, 0.1) is 0 Å². The van der Waals surface area contributed by atoms with Gasteiger partial charge in [0.1, 0.15) is 12.7 Å². The van der Waals surface area contributed by atoms with Crippen LogP contribution in [0.25, 0.3) is 0 Å². The van der Waals surface area contributed by atoms with Gasteiger partial charge in [0.15, 0.2) is 6.10 Å². The monoisotopic (exact) mass is 835 g/mol. The van der Waals surface area contributed by atoms with E-state index in [2.05, 4.69) is 60.9 Å². The van der Waals surface area contributed by atoms with Gasteiger partial charge in [0, 0.05) is 12.8 Å². The van der Waals surface area contributed by atoms with Crippen molar-refractivity contribution in [3.8, 4) is 0 Å². The molecule has 0 aliphatic heterocycles. The summed E-state index contributed by atoms with van der Waals surface area (Å²) in [7, 11) is -4.66. The molecule has 12 heteroatoms. The van der Waals surface area contributed by atoms with Crippen molar-refractivity contribution in [3.63, 3.8) is 0 Å². The summed E-state index contributed by atoms with van der Waals surface area (Å²) in [5.41, 5.74) is 0. The number of ether oxygens (including phenoxy) is 2. The predicted octanol–water partition coefficient (Wildman–Crippen LogP) is 10.2. The molecular weight excluding hydrogens is 759 g/mol. The maximum Gasteiger partial charge on any atom is 0.472 e. The van der Waals surface area contributed by atoms with Crippen molar-refractivity contribution < 1.29 is 52.9 Å². The number of hydrogen-bond donors (Lipinski definition) is 4. The summed E-state index contributed by atoms with van der Waals surface area (Å²) in [6.45, 7) is 2.06. The number of phosphoric acid groups is 1. The van der Waals surface area contributed by atoms with Gasteiger partial charge < -0.3 is 29.7 Å². The molecule has 0 aromatic heterocycles. The van der Waals surface area contributed by atoms with Gasteiger partial charge >= 0.3 is 19.8 Å². The molecular formula is C46H75O11P. The molecule has 0 rings (SSSR count). The van der Waals surface area contributed by atoms with Crippen molar-refractivity contribution in [2.75, 3.05) is 26.4 Å². The summed E-state index contributed by atoms with van der Waals surface area (Å²) in [5.74, 6) is -1.09. The zero-order chi connectivity index (χ0) is 42.8. The normalized spacial score (nSPS) is 15.3. The first-order valence-corrected chi connectivity index (χ1v) is 22.8. The molecule has 4 atom stereocenters. The van der Waals surface area contributed by atoms with E-state index in [0.29, 0.717) is 25.7 Å². The van der Waals surface area contributed by atoms with Gasteiger partial charge in [0.05, 0.1) is 25.9 Å². The lowest BCUT2D eigenvalue weighted by Gasteiger charge is -2.20. The van der Waals surface area contributed by atoms with Crippen LogP contribution < -0.4 is 0 Å². The largest absolute Gasteiger partial charge is 0.472 e. The number of esters is 2. The van der Waals surface area contributed by atoms with Crippen LogP contribution in [0.3, 0.4) is 0 Å². The second kappa shape index (κ2) is 40.6. The van der Waals surface area contributed by atoms with E-state index < -0.39 is 57.9 Å². The van der Waals surface area contributed by atoms with Crippen molar-refractivity contribution in [2.45, 2.75) is 154 Å². The van der Waals surface area contributed by atoms with Gasteiger partial charge in [-0.05, 0) is 77.0 Å². The van der Waals surface area contributed by atoms with Crippen LogP contribution in [0.2, 0.25) is 0 Å². The van der Waals surface area contributed by atoms with Gasteiger partial charge in [-0.15, -0.1) is 0 Å². The summed E-state index contributed by atoms with van der Waals surface area (Å²) >= 11 is 0. The molecule has 0 aliphatic carbocycles. The molecule has 0 amide bonds. The molecule has 330 valence electrons. The van der Waals surface area contributed by atoms with Gasteiger partial charge in [-0.2, -0.15) is 0 Å². The van der Waals surface area contributed by atoms with E-state index in [9.17, 15) is 29.3 Å². The van der Waals surface area contributed by atoms with Crippen LogP contribution in [-0.4, -0.2) is 76.9 Å². The fourth-order valence-corrected chi connectivity index (χ4v) is 5.76. The highest BCUT2D eigenvalue weighted by molar-refractivity contribution is 7.47. The van der Waals surface area contributed by atoms with Crippen molar-refractivity contribution in [3.05, 3.63) is 97.2 Å². The van der Waals surface area contributed by atoms with Crippen molar-refractivity contribution in [1.82, 2.24) is 0 Å². The smallest absolute Gasteiger partial charge is 0.462 e. The number of aliphatic hydroxyl groups is 3. The molecule has 11 nitrogen and oxygen atoms in total. The molecule has 58 heavy (non-hydrogen) atoms. The van der Waals surface area contributed by atoms with E-state index in [0.717, 1.165) is 64.2 Å². The number of allylic oxidation sites excluding steroid dienone is 15. The third-order valence-electron chi connectivity index (χ3n) is 8.32. The summed E-state index contributed by atoms with van der Waals surface area (Å²) in [6.07, 6.45) is 45.7. The minimum atomic E-state index is -4.66. The van der Waals surface area contributed by atoms with Gasteiger partial charge in [-0.1, -0.05) is 143 Å². The molecule has 0 saturated carbocycles. The van der Waals surface area contributed by atoms with Crippen LogP contribution >= 0.6 is 7.82 Å². The Balaban J connectivity index is 4.57. The third kappa shape index (κ3) is 39.7. The predicted molar refractivity (Wildman–Crippen MR) is 234 cm³/mol. The van der Waals surface area contributed by atoms with Crippen LogP contribution in [0.15, 0.2) is 97.2 Å². The summed E-state index contributed by atoms with van der Waals surface area (Å²) in [4.78, 5) is 34.9. The molecule has 0 aliphatic rings. The minimum Gasteiger partial charge on any atom is -0.462 e. The first-order chi connectivity index (χ1) is 28.1. The SMILES string of the molecule is CCCCC/C=C\C/C=C\C/C=C\C/C=C\CCCC(=O)OC[C@H](COP(=O)(O)OC[C@@H](O)CO)OC(=O)CCC/C=C\C/C=C\C/C=C\C=C\[C@@H](O)CCCCC. The van der Waals surface area contributed by atoms with Gasteiger partial charge in [-0.25, -0.2) is 4.57 Å². The van der Waals surface area contributed by atoms with Crippen LogP contribution in [0.1, 0.15) is 136 Å². The Morgan fingerprint density at radius 3 is 1.62 bits per heavy atom. The molecule has 0 fully saturated rings. The Labute approximate surface area is 349 Å². The number of hydrogen-bond acceptors (Lipinski definition) is 10. The topological polar surface area (TPSA) is 169 Å². The minimum absolute atomic E-state index is 0.0707.